The molecular weight excluding hydrogens is 238 g/mol. The van der Waals surface area contributed by atoms with Crippen LogP contribution in [0, 0.1) is 0 Å². The molecule has 0 saturated heterocycles. The lowest BCUT2D eigenvalue weighted by Gasteiger charge is -2.18. The molecule has 0 radical (unpaired) electrons. The average Bonchev–Trinajstić information content (AvgIpc) is 2.61. The number of hydrogen-bond donors (Lipinski definition) is 2. The molecule has 19 heavy (non-hydrogen) atoms. The summed E-state index contributed by atoms with van der Waals surface area (Å²) in [5, 5.41) is 3.52. The Bertz CT molecular complexity index is 398. The molecule has 1 aliphatic rings. The number of aromatic nitrogens is 1. The fraction of sp³-hybridized carbons (Fsp3) is 0.667. The van der Waals surface area contributed by atoms with E-state index in [4.69, 9.17) is 10.5 Å². The summed E-state index contributed by atoms with van der Waals surface area (Å²) in [5.41, 5.74) is 6.48. The smallest absolute Gasteiger partial charge is 0.239 e. The highest BCUT2D eigenvalue weighted by Crippen LogP contribution is 2.25. The van der Waals surface area contributed by atoms with E-state index in [1.54, 1.807) is 0 Å². The fourth-order valence-electron chi connectivity index (χ4n) is 2.48. The number of ether oxygens (including phenoxy) is 1. The van der Waals surface area contributed by atoms with Gasteiger partial charge in [-0.25, -0.2) is 0 Å². The average molecular weight is 263 g/mol. The van der Waals surface area contributed by atoms with Gasteiger partial charge < -0.3 is 15.8 Å². The number of nitrogens with one attached hydrogen (secondary N) is 1. The van der Waals surface area contributed by atoms with E-state index in [1.807, 2.05) is 26.0 Å². The third-order valence-electron chi connectivity index (χ3n) is 3.44. The summed E-state index contributed by atoms with van der Waals surface area (Å²) in [7, 11) is 0. The predicted molar refractivity (Wildman–Crippen MR) is 79.5 cm³/mol. The van der Waals surface area contributed by atoms with Crippen LogP contribution in [0.3, 0.4) is 0 Å². The standard InChI is InChI=1S/C15H25N3O/c1-11(2)19-15-13(16)9-10-14(18-15)17-12-7-5-3-4-6-8-12/h9-12H,3-8,16H2,1-2H3,(H,17,18). The number of pyridine rings is 1. The summed E-state index contributed by atoms with van der Waals surface area (Å²) in [4.78, 5) is 4.48. The molecule has 0 atom stereocenters. The molecule has 106 valence electrons. The normalized spacial score (nSPS) is 17.2. The van der Waals surface area contributed by atoms with Crippen molar-refractivity contribution in [1.82, 2.24) is 4.98 Å². The Morgan fingerprint density at radius 1 is 1.21 bits per heavy atom. The highest BCUT2D eigenvalue weighted by atomic mass is 16.5. The highest BCUT2D eigenvalue weighted by Gasteiger charge is 2.13. The van der Waals surface area contributed by atoms with Crippen LogP contribution in [0.2, 0.25) is 0 Å². The second-order valence-corrected chi connectivity index (χ2v) is 5.59. The van der Waals surface area contributed by atoms with Gasteiger partial charge in [-0.2, -0.15) is 4.98 Å². The molecule has 4 heteroatoms. The third kappa shape index (κ3) is 4.30. The van der Waals surface area contributed by atoms with Crippen molar-refractivity contribution in [2.24, 2.45) is 0 Å². The molecule has 0 aromatic carbocycles. The Morgan fingerprint density at radius 2 is 1.89 bits per heavy atom. The molecule has 3 N–H and O–H groups in total. The first-order chi connectivity index (χ1) is 9.15. The van der Waals surface area contributed by atoms with Crippen LogP contribution >= 0.6 is 0 Å². The van der Waals surface area contributed by atoms with Gasteiger partial charge in [0.25, 0.3) is 0 Å². The van der Waals surface area contributed by atoms with Gasteiger partial charge in [-0.15, -0.1) is 0 Å². The van der Waals surface area contributed by atoms with Crippen molar-refractivity contribution < 1.29 is 4.74 Å². The number of nitrogen functional groups attached to an aromatic ring is 1. The topological polar surface area (TPSA) is 60.2 Å². The van der Waals surface area contributed by atoms with Gasteiger partial charge in [0, 0.05) is 6.04 Å². The molecule has 1 aromatic rings. The molecular formula is C15H25N3O. The summed E-state index contributed by atoms with van der Waals surface area (Å²) in [5.74, 6) is 1.41. The molecule has 4 nitrogen and oxygen atoms in total. The van der Waals surface area contributed by atoms with Crippen LogP contribution in [0.5, 0.6) is 5.88 Å². The van der Waals surface area contributed by atoms with Crippen molar-refractivity contribution in [3.8, 4) is 5.88 Å². The minimum atomic E-state index is 0.0860. The summed E-state index contributed by atoms with van der Waals surface area (Å²) in [6.45, 7) is 3.96. The van der Waals surface area contributed by atoms with E-state index in [0.29, 0.717) is 17.6 Å². The van der Waals surface area contributed by atoms with Gasteiger partial charge in [0.1, 0.15) is 5.82 Å². The van der Waals surface area contributed by atoms with Crippen molar-refractivity contribution in [1.29, 1.82) is 0 Å². The molecule has 0 bridgehead atoms. The zero-order valence-electron chi connectivity index (χ0n) is 12.0. The van der Waals surface area contributed by atoms with E-state index in [2.05, 4.69) is 10.3 Å². The highest BCUT2D eigenvalue weighted by molar-refractivity contribution is 5.53. The van der Waals surface area contributed by atoms with Gasteiger partial charge in [-0.3, -0.25) is 0 Å². The van der Waals surface area contributed by atoms with Crippen LogP contribution < -0.4 is 15.8 Å². The molecule has 1 aliphatic carbocycles. The van der Waals surface area contributed by atoms with E-state index in [9.17, 15) is 0 Å². The number of nitrogens with zero attached hydrogens (tertiary/aromatic N) is 1. The second-order valence-electron chi connectivity index (χ2n) is 5.59. The Morgan fingerprint density at radius 3 is 2.53 bits per heavy atom. The summed E-state index contributed by atoms with van der Waals surface area (Å²) >= 11 is 0. The van der Waals surface area contributed by atoms with Gasteiger partial charge in [-0.05, 0) is 38.8 Å². The van der Waals surface area contributed by atoms with Crippen LogP contribution in [0.25, 0.3) is 0 Å². The number of rotatable bonds is 4. The molecule has 1 heterocycles. The van der Waals surface area contributed by atoms with Crippen LogP contribution in [-0.4, -0.2) is 17.1 Å². The van der Waals surface area contributed by atoms with E-state index in [-0.39, 0.29) is 6.10 Å². The number of nitrogens with two attached hydrogens (primary N) is 1. The van der Waals surface area contributed by atoms with E-state index in [1.165, 1.54) is 38.5 Å². The van der Waals surface area contributed by atoms with Crippen molar-refractivity contribution in [3.63, 3.8) is 0 Å². The number of anilines is 2. The van der Waals surface area contributed by atoms with Crippen molar-refractivity contribution in [2.45, 2.75) is 64.5 Å². The first-order valence-corrected chi connectivity index (χ1v) is 7.35. The first kappa shape index (κ1) is 14.0. The zero-order chi connectivity index (χ0) is 13.7. The van der Waals surface area contributed by atoms with Gasteiger partial charge in [0.2, 0.25) is 5.88 Å². The van der Waals surface area contributed by atoms with Gasteiger partial charge in [0.05, 0.1) is 11.8 Å². The van der Waals surface area contributed by atoms with Crippen LogP contribution in [0.4, 0.5) is 11.5 Å². The lowest BCUT2D eigenvalue weighted by molar-refractivity contribution is 0.234. The lowest BCUT2D eigenvalue weighted by atomic mass is 10.1. The molecule has 0 spiro atoms. The minimum absolute atomic E-state index is 0.0860. The molecule has 1 aromatic heterocycles. The van der Waals surface area contributed by atoms with E-state index >= 15 is 0 Å². The van der Waals surface area contributed by atoms with E-state index < -0.39 is 0 Å². The molecule has 0 amide bonds. The summed E-state index contributed by atoms with van der Waals surface area (Å²) in [6.07, 6.45) is 7.87. The molecule has 1 fully saturated rings. The monoisotopic (exact) mass is 263 g/mol. The van der Waals surface area contributed by atoms with E-state index in [0.717, 1.165) is 5.82 Å². The molecule has 2 rings (SSSR count). The number of hydrogen-bond acceptors (Lipinski definition) is 4. The maximum Gasteiger partial charge on any atom is 0.239 e. The third-order valence-corrected chi connectivity index (χ3v) is 3.44. The molecule has 0 unspecified atom stereocenters. The van der Waals surface area contributed by atoms with Crippen LogP contribution in [0.1, 0.15) is 52.4 Å². The van der Waals surface area contributed by atoms with Crippen molar-refractivity contribution in [2.75, 3.05) is 11.1 Å². The maximum absolute atomic E-state index is 5.88. The Labute approximate surface area is 115 Å². The van der Waals surface area contributed by atoms with Gasteiger partial charge >= 0.3 is 0 Å². The van der Waals surface area contributed by atoms with Gasteiger partial charge in [-0.1, -0.05) is 25.7 Å². The molecule has 0 aliphatic heterocycles. The first-order valence-electron chi connectivity index (χ1n) is 7.35. The quantitative estimate of drug-likeness (QED) is 0.815. The lowest BCUT2D eigenvalue weighted by Crippen LogP contribution is -2.19. The maximum atomic E-state index is 5.88. The van der Waals surface area contributed by atoms with Crippen LogP contribution in [0.15, 0.2) is 12.1 Å². The molecule has 1 saturated carbocycles. The summed E-state index contributed by atoms with van der Waals surface area (Å²) < 4.78 is 5.62. The Hall–Kier alpha value is -1.45. The second kappa shape index (κ2) is 6.64. The Kier molecular flexibility index (Phi) is 4.88. The van der Waals surface area contributed by atoms with Crippen LogP contribution in [-0.2, 0) is 0 Å². The zero-order valence-corrected chi connectivity index (χ0v) is 12.0. The van der Waals surface area contributed by atoms with Crippen molar-refractivity contribution in [3.05, 3.63) is 12.1 Å². The van der Waals surface area contributed by atoms with Crippen molar-refractivity contribution >= 4 is 11.5 Å². The largest absolute Gasteiger partial charge is 0.473 e. The minimum Gasteiger partial charge on any atom is -0.473 e. The predicted octanol–water partition coefficient (Wildman–Crippen LogP) is 3.59. The fourth-order valence-corrected chi connectivity index (χ4v) is 2.48. The van der Waals surface area contributed by atoms with Gasteiger partial charge in [0.15, 0.2) is 0 Å². The Balaban J connectivity index is 2.03. The summed E-state index contributed by atoms with van der Waals surface area (Å²) in [6, 6.07) is 4.34. The SMILES string of the molecule is CC(C)Oc1nc(NC2CCCCCC2)ccc1N.